The molecule has 1 heterocycles. The Bertz CT molecular complexity index is 913. The van der Waals surface area contributed by atoms with E-state index in [4.69, 9.17) is 13.9 Å². The molecule has 0 aliphatic heterocycles. The summed E-state index contributed by atoms with van der Waals surface area (Å²) in [6.45, 7) is 1.31. The van der Waals surface area contributed by atoms with E-state index in [9.17, 15) is 5.11 Å². The lowest BCUT2D eigenvalue weighted by Crippen LogP contribution is -2.06. The summed E-state index contributed by atoms with van der Waals surface area (Å²) in [4.78, 5) is 4.66. The zero-order valence-electron chi connectivity index (χ0n) is 14.4. The van der Waals surface area contributed by atoms with Crippen LogP contribution >= 0.6 is 0 Å². The summed E-state index contributed by atoms with van der Waals surface area (Å²) in [5.41, 5.74) is 1.61. The minimum Gasteiger partial charge on any atom is -0.508 e. The molecule has 1 N–H and O–H groups in total. The van der Waals surface area contributed by atoms with Gasteiger partial charge in [-0.2, -0.15) is 0 Å². The Kier molecular flexibility index (Phi) is 5.36. The SMILES string of the molecule is COCCCN=c1cc(-c2ccc(OC)cc2)oc2ccc(O)cc12. The third kappa shape index (κ3) is 4.00. The molecule has 2 aromatic carbocycles. The smallest absolute Gasteiger partial charge is 0.137 e. The topological polar surface area (TPSA) is 64.2 Å². The third-order valence-electron chi connectivity index (χ3n) is 3.89. The highest BCUT2D eigenvalue weighted by molar-refractivity contribution is 5.80. The summed E-state index contributed by atoms with van der Waals surface area (Å²) >= 11 is 0. The van der Waals surface area contributed by atoms with E-state index < -0.39 is 0 Å². The van der Waals surface area contributed by atoms with Crippen LogP contribution < -0.4 is 10.1 Å². The first-order valence-electron chi connectivity index (χ1n) is 8.12. The van der Waals surface area contributed by atoms with Crippen molar-refractivity contribution in [2.24, 2.45) is 4.99 Å². The molecule has 0 unspecified atom stereocenters. The van der Waals surface area contributed by atoms with E-state index in [0.717, 1.165) is 28.5 Å². The molecule has 5 heteroatoms. The number of benzene rings is 2. The fourth-order valence-electron chi connectivity index (χ4n) is 2.59. The van der Waals surface area contributed by atoms with Crippen molar-refractivity contribution in [1.82, 2.24) is 0 Å². The quantitative estimate of drug-likeness (QED) is 0.695. The largest absolute Gasteiger partial charge is 0.508 e. The number of rotatable bonds is 6. The fourth-order valence-corrected chi connectivity index (χ4v) is 2.59. The third-order valence-corrected chi connectivity index (χ3v) is 3.89. The minimum atomic E-state index is 0.188. The van der Waals surface area contributed by atoms with Crippen LogP contribution in [0.15, 0.2) is 57.9 Å². The van der Waals surface area contributed by atoms with Crippen molar-refractivity contribution in [2.75, 3.05) is 27.4 Å². The number of hydrogen-bond donors (Lipinski definition) is 1. The first-order valence-corrected chi connectivity index (χ1v) is 8.12. The van der Waals surface area contributed by atoms with Crippen molar-refractivity contribution in [3.8, 4) is 22.8 Å². The van der Waals surface area contributed by atoms with Crippen LogP contribution in [0.25, 0.3) is 22.3 Å². The molecular weight excluding hydrogens is 318 g/mol. The van der Waals surface area contributed by atoms with Crippen LogP contribution in [-0.2, 0) is 4.74 Å². The number of nitrogens with zero attached hydrogens (tertiary/aromatic N) is 1. The lowest BCUT2D eigenvalue weighted by atomic mass is 10.1. The van der Waals surface area contributed by atoms with Crippen LogP contribution in [0.4, 0.5) is 0 Å². The maximum Gasteiger partial charge on any atom is 0.137 e. The van der Waals surface area contributed by atoms with Crippen LogP contribution in [0.2, 0.25) is 0 Å². The van der Waals surface area contributed by atoms with Gasteiger partial charge in [0.25, 0.3) is 0 Å². The molecule has 0 aliphatic rings. The van der Waals surface area contributed by atoms with Crippen molar-refractivity contribution in [2.45, 2.75) is 6.42 Å². The van der Waals surface area contributed by atoms with Crippen LogP contribution in [-0.4, -0.2) is 32.5 Å². The molecule has 0 fully saturated rings. The predicted octanol–water partition coefficient (Wildman–Crippen LogP) is 3.75. The standard InChI is InChI=1S/C20H21NO4/c1-23-11-3-10-21-18-13-20(14-4-7-16(24-2)8-5-14)25-19-9-6-15(22)12-17(18)19/h4-9,12-13,22H,3,10-11H2,1-2H3. The van der Waals surface area contributed by atoms with Crippen LogP contribution in [0.1, 0.15) is 6.42 Å². The van der Waals surface area contributed by atoms with Gasteiger partial charge < -0.3 is 19.0 Å². The zero-order valence-corrected chi connectivity index (χ0v) is 14.4. The summed E-state index contributed by atoms with van der Waals surface area (Å²) in [5, 5.41) is 11.4. The minimum absolute atomic E-state index is 0.188. The van der Waals surface area contributed by atoms with Gasteiger partial charge in [0.1, 0.15) is 22.8 Å². The molecule has 25 heavy (non-hydrogen) atoms. The van der Waals surface area contributed by atoms with Gasteiger partial charge in [0, 0.05) is 37.3 Å². The lowest BCUT2D eigenvalue weighted by Gasteiger charge is -2.06. The van der Waals surface area contributed by atoms with Gasteiger partial charge >= 0.3 is 0 Å². The summed E-state index contributed by atoms with van der Waals surface area (Å²) in [6.07, 6.45) is 0.834. The lowest BCUT2D eigenvalue weighted by molar-refractivity contribution is 0.196. The van der Waals surface area contributed by atoms with E-state index in [1.54, 1.807) is 32.4 Å². The number of methoxy groups -OCH3 is 2. The molecule has 0 saturated carbocycles. The number of ether oxygens (including phenoxy) is 2. The summed E-state index contributed by atoms with van der Waals surface area (Å²) in [7, 11) is 3.31. The van der Waals surface area contributed by atoms with Crippen LogP contribution in [0.5, 0.6) is 11.5 Å². The Labute approximate surface area is 146 Å². The van der Waals surface area contributed by atoms with Gasteiger partial charge in [0.05, 0.1) is 12.5 Å². The van der Waals surface area contributed by atoms with Crippen LogP contribution in [0, 0.1) is 0 Å². The monoisotopic (exact) mass is 339 g/mol. The Morgan fingerprint density at radius 2 is 1.84 bits per heavy atom. The van der Waals surface area contributed by atoms with Gasteiger partial charge in [-0.05, 0) is 48.9 Å². The van der Waals surface area contributed by atoms with Crippen molar-refractivity contribution in [3.05, 3.63) is 53.9 Å². The Balaban J connectivity index is 2.08. The van der Waals surface area contributed by atoms with Gasteiger partial charge in [-0.1, -0.05) is 0 Å². The molecule has 3 aromatic rings. The molecular formula is C20H21NO4. The predicted molar refractivity (Wildman–Crippen MR) is 96.8 cm³/mol. The number of phenolic OH excluding ortho intramolecular Hbond substituents is 1. The Hall–Kier alpha value is -2.79. The van der Waals surface area contributed by atoms with Crippen molar-refractivity contribution in [1.29, 1.82) is 0 Å². The molecule has 5 nitrogen and oxygen atoms in total. The number of hydrogen-bond acceptors (Lipinski definition) is 5. The van der Waals surface area contributed by atoms with Gasteiger partial charge in [-0.25, -0.2) is 0 Å². The second-order valence-electron chi connectivity index (χ2n) is 5.63. The fraction of sp³-hybridized carbons (Fsp3) is 0.250. The van der Waals surface area contributed by atoms with E-state index in [-0.39, 0.29) is 5.75 Å². The molecule has 3 rings (SSSR count). The highest BCUT2D eigenvalue weighted by Crippen LogP contribution is 2.25. The van der Waals surface area contributed by atoms with E-state index in [1.165, 1.54) is 0 Å². The Morgan fingerprint density at radius 1 is 1.04 bits per heavy atom. The second-order valence-corrected chi connectivity index (χ2v) is 5.63. The maximum atomic E-state index is 9.79. The van der Waals surface area contributed by atoms with Crippen molar-refractivity contribution in [3.63, 3.8) is 0 Å². The van der Waals surface area contributed by atoms with E-state index in [0.29, 0.717) is 24.5 Å². The van der Waals surface area contributed by atoms with Crippen LogP contribution in [0.3, 0.4) is 0 Å². The first-order chi connectivity index (χ1) is 12.2. The van der Waals surface area contributed by atoms with E-state index in [1.807, 2.05) is 30.3 Å². The zero-order chi connectivity index (χ0) is 17.6. The van der Waals surface area contributed by atoms with Gasteiger partial charge in [-0.3, -0.25) is 4.99 Å². The molecule has 130 valence electrons. The molecule has 0 aliphatic carbocycles. The Morgan fingerprint density at radius 3 is 2.56 bits per heavy atom. The van der Waals surface area contributed by atoms with E-state index in [2.05, 4.69) is 4.99 Å². The highest BCUT2D eigenvalue weighted by Gasteiger charge is 2.07. The highest BCUT2D eigenvalue weighted by atomic mass is 16.5. The average Bonchev–Trinajstić information content (AvgIpc) is 2.65. The summed E-state index contributed by atoms with van der Waals surface area (Å²) < 4.78 is 16.3. The normalized spacial score (nSPS) is 11.8. The maximum absolute atomic E-state index is 9.79. The summed E-state index contributed by atoms with van der Waals surface area (Å²) in [5.74, 6) is 1.69. The average molecular weight is 339 g/mol. The molecule has 0 saturated heterocycles. The number of aromatic hydroxyl groups is 1. The number of phenols is 1. The van der Waals surface area contributed by atoms with Gasteiger partial charge in [0.15, 0.2) is 0 Å². The molecule has 0 atom stereocenters. The molecule has 0 radical (unpaired) electrons. The van der Waals surface area contributed by atoms with Crippen molar-refractivity contribution < 1.29 is 19.0 Å². The first kappa shape index (κ1) is 17.0. The molecule has 1 aromatic heterocycles. The van der Waals surface area contributed by atoms with E-state index >= 15 is 0 Å². The molecule has 0 bridgehead atoms. The number of fused-ring (bicyclic) bond motifs is 1. The molecule has 0 spiro atoms. The summed E-state index contributed by atoms with van der Waals surface area (Å²) in [6, 6.07) is 14.6. The van der Waals surface area contributed by atoms with Gasteiger partial charge in [-0.15, -0.1) is 0 Å². The molecule has 0 amide bonds. The van der Waals surface area contributed by atoms with Gasteiger partial charge in [0.2, 0.25) is 0 Å². The van der Waals surface area contributed by atoms with Crippen molar-refractivity contribution >= 4 is 11.0 Å². The second kappa shape index (κ2) is 7.85.